The Morgan fingerprint density at radius 2 is 2.00 bits per heavy atom. The molecule has 1 rings (SSSR count). The molecule has 0 spiro atoms. The summed E-state index contributed by atoms with van der Waals surface area (Å²) in [5.41, 5.74) is 5.95. The van der Waals surface area contributed by atoms with Gasteiger partial charge in [-0.05, 0) is 37.1 Å². The first-order chi connectivity index (χ1) is 8.40. The minimum atomic E-state index is -1.45. The molecule has 0 aromatic heterocycles. The quantitative estimate of drug-likeness (QED) is 0.607. The third-order valence-corrected chi connectivity index (χ3v) is 2.29. The molecule has 18 heavy (non-hydrogen) atoms. The van der Waals surface area contributed by atoms with E-state index in [2.05, 4.69) is 4.74 Å². The van der Waals surface area contributed by atoms with Crippen molar-refractivity contribution in [3.05, 3.63) is 29.3 Å². The van der Waals surface area contributed by atoms with Gasteiger partial charge in [-0.2, -0.15) is 0 Å². The molecule has 0 aliphatic heterocycles. The first kappa shape index (κ1) is 13.7. The summed E-state index contributed by atoms with van der Waals surface area (Å²) in [4.78, 5) is 32.5. The third-order valence-electron chi connectivity index (χ3n) is 2.29. The van der Waals surface area contributed by atoms with Crippen molar-refractivity contribution in [2.45, 2.75) is 19.8 Å². The second-order valence-electron chi connectivity index (χ2n) is 3.75. The normalized spacial score (nSPS) is 9.83. The average molecular weight is 251 g/mol. The number of nitrogens with two attached hydrogens (primary N) is 1. The molecular formula is C12H13NO5. The van der Waals surface area contributed by atoms with Crippen molar-refractivity contribution < 1.29 is 24.2 Å². The fourth-order valence-electron chi connectivity index (χ4n) is 1.49. The van der Waals surface area contributed by atoms with Gasteiger partial charge in [0.05, 0.1) is 0 Å². The number of Topliss-reactive ketones (excluding diaryl/α,β-unsaturated/α-hetero) is 1. The Balaban J connectivity index is 3.03. The van der Waals surface area contributed by atoms with Crippen LogP contribution in [-0.2, 0) is 11.2 Å². The van der Waals surface area contributed by atoms with Crippen LogP contribution in [0.25, 0.3) is 0 Å². The van der Waals surface area contributed by atoms with Crippen LogP contribution in [0, 0.1) is 0 Å². The number of aryl methyl sites for hydroxylation is 1. The number of hydrogen-bond acceptors (Lipinski definition) is 4. The zero-order valence-corrected chi connectivity index (χ0v) is 9.80. The van der Waals surface area contributed by atoms with Gasteiger partial charge in [0.2, 0.25) is 5.91 Å². The SMILES string of the molecule is CC(=O)CCc1cc(OC(=O)O)ccc1C(N)=O. The number of benzene rings is 1. The standard InChI is InChI=1S/C12H13NO5/c1-7(14)2-3-8-6-9(18-12(16)17)4-5-10(8)11(13)15/h4-6H,2-3H2,1H3,(H2,13,15)(H,16,17). The number of ether oxygens (including phenoxy) is 1. The van der Waals surface area contributed by atoms with Gasteiger partial charge < -0.3 is 20.4 Å². The predicted molar refractivity (Wildman–Crippen MR) is 62.6 cm³/mol. The van der Waals surface area contributed by atoms with Crippen LogP contribution in [0.1, 0.15) is 29.3 Å². The van der Waals surface area contributed by atoms with Gasteiger partial charge in [-0.1, -0.05) is 0 Å². The maximum absolute atomic E-state index is 11.2. The van der Waals surface area contributed by atoms with Gasteiger partial charge in [0, 0.05) is 12.0 Å². The summed E-state index contributed by atoms with van der Waals surface area (Å²) >= 11 is 0. The Kier molecular flexibility index (Phi) is 4.42. The van der Waals surface area contributed by atoms with Crippen molar-refractivity contribution in [1.82, 2.24) is 0 Å². The van der Waals surface area contributed by atoms with Gasteiger partial charge in [0.1, 0.15) is 11.5 Å². The molecule has 1 aromatic carbocycles. The van der Waals surface area contributed by atoms with Gasteiger partial charge in [-0.3, -0.25) is 4.79 Å². The maximum Gasteiger partial charge on any atom is 0.511 e. The van der Waals surface area contributed by atoms with Gasteiger partial charge in [0.25, 0.3) is 0 Å². The molecule has 0 radical (unpaired) electrons. The molecule has 96 valence electrons. The molecule has 0 atom stereocenters. The Labute approximate surface area is 103 Å². The second-order valence-corrected chi connectivity index (χ2v) is 3.75. The number of carbonyl (C=O) groups excluding carboxylic acids is 2. The number of carbonyl (C=O) groups is 3. The van der Waals surface area contributed by atoms with E-state index >= 15 is 0 Å². The molecule has 3 N–H and O–H groups in total. The summed E-state index contributed by atoms with van der Waals surface area (Å²) in [6, 6.07) is 4.12. The van der Waals surface area contributed by atoms with E-state index in [9.17, 15) is 14.4 Å². The molecule has 0 saturated heterocycles. The Bertz CT molecular complexity index is 495. The van der Waals surface area contributed by atoms with E-state index < -0.39 is 12.1 Å². The van der Waals surface area contributed by atoms with Gasteiger partial charge in [-0.15, -0.1) is 0 Å². The van der Waals surface area contributed by atoms with E-state index in [1.165, 1.54) is 25.1 Å². The molecular weight excluding hydrogens is 238 g/mol. The Morgan fingerprint density at radius 3 is 2.50 bits per heavy atom. The van der Waals surface area contributed by atoms with Gasteiger partial charge in [-0.25, -0.2) is 4.79 Å². The largest absolute Gasteiger partial charge is 0.511 e. The van der Waals surface area contributed by atoms with Gasteiger partial charge >= 0.3 is 6.16 Å². The van der Waals surface area contributed by atoms with Crippen molar-refractivity contribution in [3.8, 4) is 5.75 Å². The molecule has 6 nitrogen and oxygen atoms in total. The summed E-state index contributed by atoms with van der Waals surface area (Å²) in [7, 11) is 0. The first-order valence-corrected chi connectivity index (χ1v) is 5.23. The van der Waals surface area contributed by atoms with Crippen molar-refractivity contribution in [1.29, 1.82) is 0 Å². The molecule has 0 bridgehead atoms. The fraction of sp³-hybridized carbons (Fsp3) is 0.250. The summed E-state index contributed by atoms with van der Waals surface area (Å²) in [5, 5.41) is 8.49. The molecule has 0 saturated carbocycles. The highest BCUT2D eigenvalue weighted by Gasteiger charge is 2.11. The molecule has 0 heterocycles. The third kappa shape index (κ3) is 3.89. The number of ketones is 1. The zero-order chi connectivity index (χ0) is 13.7. The molecule has 6 heteroatoms. The van der Waals surface area contributed by atoms with E-state index in [1.807, 2.05) is 0 Å². The highest BCUT2D eigenvalue weighted by Crippen LogP contribution is 2.19. The second kappa shape index (κ2) is 5.81. The fourth-order valence-corrected chi connectivity index (χ4v) is 1.49. The Morgan fingerprint density at radius 1 is 1.33 bits per heavy atom. The van der Waals surface area contributed by atoms with Crippen LogP contribution in [0.5, 0.6) is 5.75 Å². The minimum absolute atomic E-state index is 0.0324. The molecule has 0 fully saturated rings. The van der Waals surface area contributed by atoms with Crippen molar-refractivity contribution in [3.63, 3.8) is 0 Å². The number of amides is 1. The van der Waals surface area contributed by atoms with Crippen LogP contribution in [0.4, 0.5) is 4.79 Å². The lowest BCUT2D eigenvalue weighted by Crippen LogP contribution is -2.14. The molecule has 0 aliphatic rings. The highest BCUT2D eigenvalue weighted by molar-refractivity contribution is 5.94. The van der Waals surface area contributed by atoms with E-state index in [-0.39, 0.29) is 23.5 Å². The molecule has 1 aromatic rings. The van der Waals surface area contributed by atoms with Crippen molar-refractivity contribution in [2.75, 3.05) is 0 Å². The van der Waals surface area contributed by atoms with E-state index in [0.717, 1.165) is 0 Å². The first-order valence-electron chi connectivity index (χ1n) is 5.23. The van der Waals surface area contributed by atoms with Crippen LogP contribution in [-0.4, -0.2) is 23.0 Å². The average Bonchev–Trinajstić information content (AvgIpc) is 2.25. The summed E-state index contributed by atoms with van der Waals surface area (Å²) in [6.45, 7) is 1.43. The summed E-state index contributed by atoms with van der Waals surface area (Å²) in [6.07, 6.45) is -0.888. The van der Waals surface area contributed by atoms with Crippen molar-refractivity contribution >= 4 is 17.8 Å². The lowest BCUT2D eigenvalue weighted by atomic mass is 10.0. The van der Waals surface area contributed by atoms with Crippen LogP contribution in [0.3, 0.4) is 0 Å². The smallest absolute Gasteiger partial charge is 0.449 e. The minimum Gasteiger partial charge on any atom is -0.449 e. The lowest BCUT2D eigenvalue weighted by molar-refractivity contribution is -0.116. The molecule has 0 aliphatic carbocycles. The van der Waals surface area contributed by atoms with Crippen molar-refractivity contribution in [2.24, 2.45) is 5.73 Å². The number of rotatable bonds is 5. The summed E-state index contributed by atoms with van der Waals surface area (Å²) in [5.74, 6) is -0.573. The predicted octanol–water partition coefficient (Wildman–Crippen LogP) is 1.36. The van der Waals surface area contributed by atoms with E-state index in [1.54, 1.807) is 0 Å². The molecule has 1 amide bonds. The molecule has 0 unspecified atom stereocenters. The number of hydrogen-bond donors (Lipinski definition) is 2. The maximum atomic E-state index is 11.2. The van der Waals surface area contributed by atoms with Crippen LogP contribution >= 0.6 is 0 Å². The topological polar surface area (TPSA) is 107 Å². The van der Waals surface area contributed by atoms with Crippen LogP contribution in [0.2, 0.25) is 0 Å². The van der Waals surface area contributed by atoms with Crippen LogP contribution < -0.4 is 10.5 Å². The van der Waals surface area contributed by atoms with Crippen LogP contribution in [0.15, 0.2) is 18.2 Å². The van der Waals surface area contributed by atoms with E-state index in [0.29, 0.717) is 12.0 Å². The monoisotopic (exact) mass is 251 g/mol. The Hall–Kier alpha value is -2.37. The number of primary amides is 1. The zero-order valence-electron chi connectivity index (χ0n) is 9.80. The van der Waals surface area contributed by atoms with Gasteiger partial charge in [0.15, 0.2) is 0 Å². The van der Waals surface area contributed by atoms with E-state index in [4.69, 9.17) is 10.8 Å². The lowest BCUT2D eigenvalue weighted by Gasteiger charge is -2.08. The number of carboxylic acid groups (broad SMARTS) is 1. The highest BCUT2D eigenvalue weighted by atomic mass is 16.7. The summed E-state index contributed by atoms with van der Waals surface area (Å²) < 4.78 is 4.48.